The molecule has 1 heterocycles. The Labute approximate surface area is 128 Å². The monoisotopic (exact) mass is 306 g/mol. The Morgan fingerprint density at radius 3 is 2.81 bits per heavy atom. The Hall–Kier alpha value is -1.95. The molecular weight excluding hydrogens is 287 g/mol. The number of halogens is 1. The average Bonchev–Trinajstić information content (AvgIpc) is 2.90. The fourth-order valence-electron chi connectivity index (χ4n) is 1.90. The van der Waals surface area contributed by atoms with Crippen molar-refractivity contribution in [1.82, 2.24) is 15.6 Å². The van der Waals surface area contributed by atoms with E-state index in [1.165, 1.54) is 6.07 Å². The largest absolute Gasteiger partial charge is 0.356 e. The summed E-state index contributed by atoms with van der Waals surface area (Å²) < 4.78 is 13.5. The summed E-state index contributed by atoms with van der Waals surface area (Å²) in [6, 6.07) is 6.82. The van der Waals surface area contributed by atoms with E-state index in [1.54, 1.807) is 30.5 Å². The minimum Gasteiger partial charge on any atom is -0.356 e. The molecule has 0 fully saturated rings. The van der Waals surface area contributed by atoms with E-state index >= 15 is 0 Å². The van der Waals surface area contributed by atoms with E-state index < -0.39 is 0 Å². The van der Waals surface area contributed by atoms with Gasteiger partial charge in [-0.2, -0.15) is 0 Å². The van der Waals surface area contributed by atoms with Crippen molar-refractivity contribution in [3.8, 4) is 0 Å². The number of hydrogen-bond donors (Lipinski definition) is 2. The van der Waals surface area contributed by atoms with Crippen LogP contribution in [0.5, 0.6) is 0 Å². The van der Waals surface area contributed by atoms with Gasteiger partial charge in [0, 0.05) is 24.7 Å². The molecule has 0 aliphatic heterocycles. The smallest absolute Gasteiger partial charge is 0.191 e. The van der Waals surface area contributed by atoms with Gasteiger partial charge < -0.3 is 10.6 Å². The van der Waals surface area contributed by atoms with Crippen molar-refractivity contribution in [3.63, 3.8) is 0 Å². The van der Waals surface area contributed by atoms with Gasteiger partial charge >= 0.3 is 0 Å². The molecule has 21 heavy (non-hydrogen) atoms. The lowest BCUT2D eigenvalue weighted by molar-refractivity contribution is 0.607. The highest BCUT2D eigenvalue weighted by molar-refractivity contribution is 7.11. The summed E-state index contributed by atoms with van der Waals surface area (Å²) in [5.41, 5.74) is 0.707. The van der Waals surface area contributed by atoms with Gasteiger partial charge in [0.05, 0.1) is 11.6 Å². The van der Waals surface area contributed by atoms with Gasteiger partial charge in [-0.25, -0.2) is 9.37 Å². The van der Waals surface area contributed by atoms with Crippen LogP contribution in [-0.2, 0) is 13.0 Å². The van der Waals surface area contributed by atoms with Crippen molar-refractivity contribution < 1.29 is 4.39 Å². The molecule has 0 atom stereocenters. The summed E-state index contributed by atoms with van der Waals surface area (Å²) in [6.45, 7) is 3.29. The number of aryl methyl sites for hydroxylation is 1. The first kappa shape index (κ1) is 15.4. The average molecular weight is 306 g/mol. The number of aromatic nitrogens is 1. The van der Waals surface area contributed by atoms with Gasteiger partial charge in [-0.1, -0.05) is 18.2 Å². The van der Waals surface area contributed by atoms with Crippen LogP contribution in [0.25, 0.3) is 0 Å². The molecule has 0 unspecified atom stereocenters. The lowest BCUT2D eigenvalue weighted by Crippen LogP contribution is -2.37. The van der Waals surface area contributed by atoms with E-state index in [0.29, 0.717) is 31.0 Å². The molecule has 1 aromatic carbocycles. The van der Waals surface area contributed by atoms with Crippen LogP contribution >= 0.6 is 11.3 Å². The summed E-state index contributed by atoms with van der Waals surface area (Å²) in [7, 11) is 1.72. The third-order valence-corrected chi connectivity index (χ3v) is 3.88. The normalized spacial score (nSPS) is 11.5. The molecule has 0 spiro atoms. The van der Waals surface area contributed by atoms with Crippen molar-refractivity contribution in [1.29, 1.82) is 0 Å². The molecule has 0 amide bonds. The molecule has 1 aromatic heterocycles. The second-order valence-electron chi connectivity index (χ2n) is 4.54. The maximum Gasteiger partial charge on any atom is 0.191 e. The lowest BCUT2D eigenvalue weighted by Gasteiger charge is -2.11. The lowest BCUT2D eigenvalue weighted by atomic mass is 10.1. The van der Waals surface area contributed by atoms with Gasteiger partial charge in [-0.15, -0.1) is 11.3 Å². The van der Waals surface area contributed by atoms with Crippen molar-refractivity contribution >= 4 is 17.3 Å². The summed E-state index contributed by atoms with van der Waals surface area (Å²) >= 11 is 1.66. The van der Waals surface area contributed by atoms with E-state index in [-0.39, 0.29) is 5.82 Å². The van der Waals surface area contributed by atoms with E-state index in [9.17, 15) is 4.39 Å². The van der Waals surface area contributed by atoms with Gasteiger partial charge in [-0.05, 0) is 25.0 Å². The number of thiazole rings is 1. The predicted molar refractivity (Wildman–Crippen MR) is 85.2 cm³/mol. The van der Waals surface area contributed by atoms with Crippen molar-refractivity contribution in [2.75, 3.05) is 13.6 Å². The molecule has 0 aliphatic rings. The zero-order valence-corrected chi connectivity index (χ0v) is 13.0. The highest BCUT2D eigenvalue weighted by atomic mass is 32.1. The Balaban J connectivity index is 1.77. The fourth-order valence-corrected chi connectivity index (χ4v) is 2.63. The number of hydrogen-bond acceptors (Lipinski definition) is 3. The Morgan fingerprint density at radius 2 is 2.14 bits per heavy atom. The van der Waals surface area contributed by atoms with Crippen LogP contribution in [0.2, 0.25) is 0 Å². The molecule has 2 aromatic rings. The highest BCUT2D eigenvalue weighted by Crippen LogP contribution is 2.10. The highest BCUT2D eigenvalue weighted by Gasteiger charge is 2.03. The van der Waals surface area contributed by atoms with E-state index in [1.807, 2.05) is 19.2 Å². The van der Waals surface area contributed by atoms with Gasteiger partial charge in [0.2, 0.25) is 0 Å². The second-order valence-corrected chi connectivity index (χ2v) is 5.86. The van der Waals surface area contributed by atoms with Crippen LogP contribution in [0.4, 0.5) is 4.39 Å². The standard InChI is InChI=1S/C15H19FN4S/c1-11-19-9-13(21-11)10-20-15(17-2)18-8-7-12-5-3-4-6-14(12)16/h3-6,9H,7-8,10H2,1-2H3,(H2,17,18,20). The number of guanidine groups is 1. The number of benzene rings is 1. The molecule has 112 valence electrons. The molecule has 0 saturated heterocycles. The predicted octanol–water partition coefficient (Wildman–Crippen LogP) is 2.50. The Bertz CT molecular complexity index is 609. The van der Waals surface area contributed by atoms with Gasteiger partial charge in [0.15, 0.2) is 5.96 Å². The first-order valence-electron chi connectivity index (χ1n) is 6.78. The molecule has 0 radical (unpaired) electrons. The summed E-state index contributed by atoms with van der Waals surface area (Å²) in [5.74, 6) is 0.541. The second kappa shape index (κ2) is 7.73. The van der Waals surface area contributed by atoms with Crippen LogP contribution in [0.15, 0.2) is 35.5 Å². The van der Waals surface area contributed by atoms with Crippen LogP contribution < -0.4 is 10.6 Å². The van der Waals surface area contributed by atoms with Gasteiger partial charge in [-0.3, -0.25) is 4.99 Å². The fraction of sp³-hybridized carbons (Fsp3) is 0.333. The molecule has 4 nitrogen and oxygen atoms in total. The molecule has 0 aliphatic carbocycles. The maximum atomic E-state index is 13.5. The number of aliphatic imine (C=N–C) groups is 1. The quantitative estimate of drug-likeness (QED) is 0.659. The summed E-state index contributed by atoms with van der Waals surface area (Å²) in [5, 5.41) is 7.44. The van der Waals surface area contributed by atoms with Crippen LogP contribution in [0, 0.1) is 12.7 Å². The van der Waals surface area contributed by atoms with Crippen molar-refractivity contribution in [2.45, 2.75) is 19.9 Å². The molecular formula is C15H19FN4S. The molecule has 6 heteroatoms. The number of rotatable bonds is 5. The SMILES string of the molecule is CN=C(NCCc1ccccc1F)NCc1cnc(C)s1. The van der Waals surface area contributed by atoms with Gasteiger partial charge in [0.25, 0.3) is 0 Å². The molecule has 0 bridgehead atoms. The Morgan fingerprint density at radius 1 is 1.33 bits per heavy atom. The van der Waals surface area contributed by atoms with Crippen LogP contribution in [0.1, 0.15) is 15.4 Å². The summed E-state index contributed by atoms with van der Waals surface area (Å²) in [4.78, 5) is 9.51. The van der Waals surface area contributed by atoms with Crippen LogP contribution in [0.3, 0.4) is 0 Å². The molecule has 2 N–H and O–H groups in total. The minimum atomic E-state index is -0.164. The van der Waals surface area contributed by atoms with Gasteiger partial charge in [0.1, 0.15) is 5.82 Å². The molecule has 2 rings (SSSR count). The summed E-state index contributed by atoms with van der Waals surface area (Å²) in [6.07, 6.45) is 2.48. The van der Waals surface area contributed by atoms with Crippen LogP contribution in [-0.4, -0.2) is 24.5 Å². The minimum absolute atomic E-state index is 0.164. The van der Waals surface area contributed by atoms with E-state index in [2.05, 4.69) is 20.6 Å². The third-order valence-electron chi connectivity index (χ3n) is 2.97. The number of nitrogens with zero attached hydrogens (tertiary/aromatic N) is 2. The third kappa shape index (κ3) is 4.82. The maximum absolute atomic E-state index is 13.5. The van der Waals surface area contributed by atoms with E-state index in [0.717, 1.165) is 9.88 Å². The zero-order chi connectivity index (χ0) is 15.1. The Kier molecular flexibility index (Phi) is 5.68. The topological polar surface area (TPSA) is 49.3 Å². The first-order chi connectivity index (χ1) is 10.2. The zero-order valence-electron chi connectivity index (χ0n) is 12.2. The van der Waals surface area contributed by atoms with E-state index in [4.69, 9.17) is 0 Å². The van der Waals surface area contributed by atoms with Crippen molar-refractivity contribution in [3.05, 3.63) is 51.7 Å². The molecule has 0 saturated carbocycles. The van der Waals surface area contributed by atoms with Crippen molar-refractivity contribution in [2.24, 2.45) is 4.99 Å². The first-order valence-corrected chi connectivity index (χ1v) is 7.60. The number of nitrogens with one attached hydrogen (secondary N) is 2.